The highest BCUT2D eigenvalue weighted by molar-refractivity contribution is 6.21. The highest BCUT2D eigenvalue weighted by atomic mass is 16.4. The van der Waals surface area contributed by atoms with Gasteiger partial charge >= 0.3 is 5.97 Å². The van der Waals surface area contributed by atoms with Crippen LogP contribution in [0.2, 0.25) is 0 Å². The summed E-state index contributed by atoms with van der Waals surface area (Å²) in [7, 11) is 0. The zero-order chi connectivity index (χ0) is 18.7. The van der Waals surface area contributed by atoms with Crippen LogP contribution in [0.25, 0.3) is 0 Å². The molecule has 1 saturated carbocycles. The molecular formula is C19H22N2O5. The first-order valence-electron chi connectivity index (χ1n) is 8.94. The molecule has 1 aromatic carbocycles. The molecule has 0 bridgehead atoms. The Kier molecular flexibility index (Phi) is 5.06. The topological polar surface area (TPSA) is 104 Å². The van der Waals surface area contributed by atoms with Crippen molar-refractivity contribution in [3.8, 4) is 0 Å². The Balaban J connectivity index is 1.63. The third-order valence-corrected chi connectivity index (χ3v) is 5.19. The largest absolute Gasteiger partial charge is 0.480 e. The molecule has 1 fully saturated rings. The summed E-state index contributed by atoms with van der Waals surface area (Å²) in [5.41, 5.74) is -0.567. The van der Waals surface area contributed by atoms with Gasteiger partial charge in [-0.1, -0.05) is 37.8 Å². The monoisotopic (exact) mass is 358 g/mol. The number of imide groups is 1. The van der Waals surface area contributed by atoms with Gasteiger partial charge in [0.1, 0.15) is 5.54 Å². The van der Waals surface area contributed by atoms with Crippen LogP contribution in [0.4, 0.5) is 0 Å². The Labute approximate surface area is 151 Å². The van der Waals surface area contributed by atoms with E-state index in [0.29, 0.717) is 24.0 Å². The first kappa shape index (κ1) is 18.1. The summed E-state index contributed by atoms with van der Waals surface area (Å²) in [5.74, 6) is -2.30. The van der Waals surface area contributed by atoms with E-state index < -0.39 is 29.2 Å². The number of nitrogens with one attached hydrogen (secondary N) is 1. The summed E-state index contributed by atoms with van der Waals surface area (Å²) in [6, 6.07) is 6.53. The van der Waals surface area contributed by atoms with Crippen LogP contribution >= 0.6 is 0 Å². The van der Waals surface area contributed by atoms with Crippen molar-refractivity contribution in [1.82, 2.24) is 10.2 Å². The number of carbonyl (C=O) groups is 4. The van der Waals surface area contributed by atoms with Crippen LogP contribution in [0.3, 0.4) is 0 Å². The smallest absolute Gasteiger partial charge is 0.329 e. The molecule has 1 aliphatic carbocycles. The molecular weight excluding hydrogens is 336 g/mol. The summed E-state index contributed by atoms with van der Waals surface area (Å²) in [6.45, 7) is -0.0616. The summed E-state index contributed by atoms with van der Waals surface area (Å²) in [6.07, 6.45) is 4.12. The van der Waals surface area contributed by atoms with Gasteiger partial charge in [0.15, 0.2) is 0 Å². The molecule has 0 radical (unpaired) electrons. The summed E-state index contributed by atoms with van der Waals surface area (Å²) < 4.78 is 0. The Bertz CT molecular complexity index is 715. The van der Waals surface area contributed by atoms with Crippen molar-refractivity contribution in [1.29, 1.82) is 0 Å². The van der Waals surface area contributed by atoms with Crippen molar-refractivity contribution < 1.29 is 24.3 Å². The molecule has 138 valence electrons. The standard InChI is InChI=1S/C19H22N2O5/c22-15(20-19(18(25)26)10-5-1-2-6-11-19)9-12-21-16(23)13-7-3-4-8-14(13)17(21)24/h3-4,7-8H,1-2,5-6,9-12H2,(H,20,22)(H,25,26). The van der Waals surface area contributed by atoms with Crippen molar-refractivity contribution in [2.75, 3.05) is 6.54 Å². The van der Waals surface area contributed by atoms with E-state index in [2.05, 4.69) is 5.32 Å². The fourth-order valence-electron chi connectivity index (χ4n) is 3.71. The van der Waals surface area contributed by atoms with Crippen LogP contribution in [0.1, 0.15) is 65.7 Å². The Hall–Kier alpha value is -2.70. The van der Waals surface area contributed by atoms with Gasteiger partial charge in [-0.2, -0.15) is 0 Å². The number of rotatable bonds is 5. The average molecular weight is 358 g/mol. The highest BCUT2D eigenvalue weighted by Gasteiger charge is 2.40. The fraction of sp³-hybridized carbons (Fsp3) is 0.474. The molecule has 7 nitrogen and oxygen atoms in total. The van der Waals surface area contributed by atoms with E-state index in [0.717, 1.165) is 30.6 Å². The maximum absolute atomic E-state index is 12.4. The molecule has 0 spiro atoms. The number of benzene rings is 1. The number of carboxylic acids is 1. The van der Waals surface area contributed by atoms with Gasteiger partial charge in [0.05, 0.1) is 11.1 Å². The Morgan fingerprint density at radius 2 is 1.54 bits per heavy atom. The fourth-order valence-corrected chi connectivity index (χ4v) is 3.71. The van der Waals surface area contributed by atoms with Gasteiger partial charge in [0.25, 0.3) is 11.8 Å². The number of amides is 3. The number of hydrogen-bond acceptors (Lipinski definition) is 4. The van der Waals surface area contributed by atoms with E-state index in [1.54, 1.807) is 24.3 Å². The Morgan fingerprint density at radius 1 is 1.00 bits per heavy atom. The zero-order valence-electron chi connectivity index (χ0n) is 14.5. The number of carboxylic acid groups (broad SMARTS) is 1. The lowest BCUT2D eigenvalue weighted by atomic mass is 9.90. The maximum Gasteiger partial charge on any atom is 0.329 e. The SMILES string of the molecule is O=C(CCN1C(=O)c2ccccc2C1=O)NC1(C(=O)O)CCCCCC1. The molecule has 3 amide bonds. The van der Waals surface area contributed by atoms with E-state index in [9.17, 15) is 24.3 Å². The summed E-state index contributed by atoms with van der Waals surface area (Å²) in [5, 5.41) is 12.3. The second-order valence-electron chi connectivity index (χ2n) is 6.91. The molecule has 2 N–H and O–H groups in total. The average Bonchev–Trinajstić information content (AvgIpc) is 2.79. The van der Waals surface area contributed by atoms with Gasteiger partial charge in [0, 0.05) is 13.0 Å². The molecule has 0 unspecified atom stereocenters. The van der Waals surface area contributed by atoms with Crippen molar-refractivity contribution >= 4 is 23.7 Å². The number of nitrogens with zero attached hydrogens (tertiary/aromatic N) is 1. The molecule has 0 aromatic heterocycles. The molecule has 2 aliphatic rings. The first-order chi connectivity index (χ1) is 12.4. The minimum atomic E-state index is -1.24. The van der Waals surface area contributed by atoms with Crippen LogP contribution in [0.15, 0.2) is 24.3 Å². The molecule has 26 heavy (non-hydrogen) atoms. The molecule has 7 heteroatoms. The maximum atomic E-state index is 12.4. The van der Waals surface area contributed by atoms with Gasteiger partial charge in [-0.15, -0.1) is 0 Å². The van der Waals surface area contributed by atoms with Gasteiger partial charge in [-0.3, -0.25) is 19.3 Å². The number of hydrogen-bond donors (Lipinski definition) is 2. The summed E-state index contributed by atoms with van der Waals surface area (Å²) in [4.78, 5) is 49.8. The zero-order valence-corrected chi connectivity index (χ0v) is 14.5. The minimum Gasteiger partial charge on any atom is -0.480 e. The predicted octanol–water partition coefficient (Wildman–Crippen LogP) is 1.97. The number of aliphatic carboxylic acids is 1. The highest BCUT2D eigenvalue weighted by Crippen LogP contribution is 2.28. The predicted molar refractivity (Wildman–Crippen MR) is 92.6 cm³/mol. The van der Waals surface area contributed by atoms with Crippen LogP contribution in [0, 0.1) is 0 Å². The van der Waals surface area contributed by atoms with Crippen LogP contribution < -0.4 is 5.32 Å². The molecule has 0 saturated heterocycles. The normalized spacial score (nSPS) is 19.0. The van der Waals surface area contributed by atoms with E-state index in [1.165, 1.54) is 0 Å². The van der Waals surface area contributed by atoms with Crippen molar-refractivity contribution in [3.63, 3.8) is 0 Å². The quantitative estimate of drug-likeness (QED) is 0.619. The molecule has 1 heterocycles. The van der Waals surface area contributed by atoms with Gasteiger partial charge in [-0.05, 0) is 25.0 Å². The molecule has 1 aromatic rings. The van der Waals surface area contributed by atoms with E-state index in [1.807, 2.05) is 0 Å². The first-order valence-corrected chi connectivity index (χ1v) is 8.94. The number of carbonyl (C=O) groups excluding carboxylic acids is 3. The van der Waals surface area contributed by atoms with Crippen molar-refractivity contribution in [2.24, 2.45) is 0 Å². The third-order valence-electron chi connectivity index (χ3n) is 5.19. The molecule has 3 rings (SSSR count). The van der Waals surface area contributed by atoms with Gasteiger partial charge in [0.2, 0.25) is 5.91 Å². The van der Waals surface area contributed by atoms with Gasteiger partial charge in [-0.25, -0.2) is 4.79 Å². The van der Waals surface area contributed by atoms with Gasteiger partial charge < -0.3 is 10.4 Å². The lowest BCUT2D eigenvalue weighted by Gasteiger charge is -2.29. The third kappa shape index (κ3) is 3.34. The lowest BCUT2D eigenvalue weighted by Crippen LogP contribution is -2.54. The lowest BCUT2D eigenvalue weighted by molar-refractivity contribution is -0.148. The minimum absolute atomic E-state index is 0.0616. The van der Waals surface area contributed by atoms with Crippen molar-refractivity contribution in [2.45, 2.75) is 50.5 Å². The van der Waals surface area contributed by atoms with Crippen LogP contribution in [-0.2, 0) is 9.59 Å². The second kappa shape index (κ2) is 7.27. The van der Waals surface area contributed by atoms with Crippen LogP contribution in [0.5, 0.6) is 0 Å². The van der Waals surface area contributed by atoms with E-state index in [-0.39, 0.29) is 13.0 Å². The van der Waals surface area contributed by atoms with Crippen molar-refractivity contribution in [3.05, 3.63) is 35.4 Å². The molecule has 1 aliphatic heterocycles. The molecule has 0 atom stereocenters. The summed E-state index contributed by atoms with van der Waals surface area (Å²) >= 11 is 0. The Morgan fingerprint density at radius 3 is 2.04 bits per heavy atom. The number of fused-ring (bicyclic) bond motifs is 1. The van der Waals surface area contributed by atoms with E-state index >= 15 is 0 Å². The van der Waals surface area contributed by atoms with E-state index in [4.69, 9.17) is 0 Å². The second-order valence-corrected chi connectivity index (χ2v) is 6.91. The van der Waals surface area contributed by atoms with Crippen LogP contribution in [-0.4, -0.2) is 45.8 Å².